The highest BCUT2D eigenvalue weighted by atomic mass is 35.5. The van der Waals surface area contributed by atoms with E-state index in [2.05, 4.69) is 25.5 Å². The number of nitrogens with one attached hydrogen (secondary N) is 1. The van der Waals surface area contributed by atoms with Crippen molar-refractivity contribution in [2.45, 2.75) is 6.42 Å². The molecule has 3 aromatic rings. The summed E-state index contributed by atoms with van der Waals surface area (Å²) in [4.78, 5) is 8.16. The van der Waals surface area contributed by atoms with Crippen LogP contribution in [-0.2, 0) is 6.42 Å². The number of nitrogen functional groups attached to an aromatic ring is 1. The van der Waals surface area contributed by atoms with Gasteiger partial charge in [0.2, 0.25) is 5.95 Å². The Balaban J connectivity index is 1.75. The topological polar surface area (TPSA) is 107 Å². The first-order valence-corrected chi connectivity index (χ1v) is 9.71. The number of rotatable bonds is 8. The van der Waals surface area contributed by atoms with Gasteiger partial charge in [-0.15, -0.1) is 5.11 Å². The number of azo groups is 1. The molecule has 1 heterocycles. The maximum Gasteiger partial charge on any atom is 0.223 e. The van der Waals surface area contributed by atoms with Gasteiger partial charge in [0.25, 0.3) is 0 Å². The number of nitrogens with two attached hydrogens (primary N) is 1. The molecule has 1 aromatic heterocycles. The quantitative estimate of drug-likeness (QED) is 0.351. The Labute approximate surface area is 184 Å². The van der Waals surface area contributed by atoms with E-state index in [4.69, 9.17) is 38.4 Å². The van der Waals surface area contributed by atoms with Crippen LogP contribution in [0.15, 0.2) is 52.7 Å². The number of anilines is 2. The summed E-state index contributed by atoms with van der Waals surface area (Å²) < 4.78 is 10.6. The van der Waals surface area contributed by atoms with Crippen LogP contribution in [0.3, 0.4) is 0 Å². The summed E-state index contributed by atoms with van der Waals surface area (Å²) in [6, 6.07) is 12.7. The highest BCUT2D eigenvalue weighted by Crippen LogP contribution is 2.33. The average molecular weight is 447 g/mol. The molecule has 2 aromatic carbocycles. The molecule has 0 fully saturated rings. The number of hydrogen-bond donors (Lipinski definition) is 2. The van der Waals surface area contributed by atoms with Crippen LogP contribution in [0.5, 0.6) is 11.5 Å². The summed E-state index contributed by atoms with van der Waals surface area (Å²) in [6.45, 7) is 0.547. The number of hydrogen-bond acceptors (Lipinski definition) is 8. The second kappa shape index (κ2) is 10.1. The molecule has 10 heteroatoms. The van der Waals surface area contributed by atoms with Gasteiger partial charge in [0.15, 0.2) is 28.2 Å². The second-order valence-electron chi connectivity index (χ2n) is 6.11. The summed E-state index contributed by atoms with van der Waals surface area (Å²) in [7, 11) is 3.20. The van der Waals surface area contributed by atoms with Gasteiger partial charge in [-0.3, -0.25) is 0 Å². The molecule has 0 unspecified atom stereocenters. The first kappa shape index (κ1) is 21.6. The molecular formula is C20H20Cl2N6O2. The van der Waals surface area contributed by atoms with E-state index in [1.165, 1.54) is 0 Å². The first-order chi connectivity index (χ1) is 14.5. The SMILES string of the molecule is COc1ccc(CCNc2nc(N)nc(Cl)c2N=Nc2ccc(Cl)cc2)cc1OC. The van der Waals surface area contributed by atoms with Gasteiger partial charge in [0, 0.05) is 11.6 Å². The minimum atomic E-state index is 0.0408. The van der Waals surface area contributed by atoms with E-state index in [-0.39, 0.29) is 11.1 Å². The molecule has 0 aliphatic rings. The Hall–Kier alpha value is -3.10. The summed E-state index contributed by atoms with van der Waals surface area (Å²) >= 11 is 12.1. The van der Waals surface area contributed by atoms with Crippen molar-refractivity contribution in [3.8, 4) is 11.5 Å². The Kier molecular flexibility index (Phi) is 7.26. The Morgan fingerprint density at radius 2 is 1.70 bits per heavy atom. The van der Waals surface area contributed by atoms with Crippen LogP contribution in [-0.4, -0.2) is 30.7 Å². The molecule has 0 saturated heterocycles. The van der Waals surface area contributed by atoms with Crippen LogP contribution < -0.4 is 20.5 Å². The Bertz CT molecular complexity index is 1040. The molecule has 0 aliphatic heterocycles. The number of benzene rings is 2. The fourth-order valence-corrected chi connectivity index (χ4v) is 2.97. The molecule has 0 saturated carbocycles. The third-order valence-electron chi connectivity index (χ3n) is 4.10. The molecule has 0 radical (unpaired) electrons. The van der Waals surface area contributed by atoms with Crippen molar-refractivity contribution in [2.75, 3.05) is 31.8 Å². The maximum atomic E-state index is 6.22. The fraction of sp³-hybridized carbons (Fsp3) is 0.200. The molecule has 30 heavy (non-hydrogen) atoms. The van der Waals surface area contributed by atoms with Gasteiger partial charge in [-0.1, -0.05) is 29.3 Å². The van der Waals surface area contributed by atoms with Gasteiger partial charge in [-0.2, -0.15) is 15.1 Å². The molecule has 3 N–H and O–H groups in total. The standard InChI is InChI=1S/C20H20Cl2N6O2/c1-29-15-8-3-12(11-16(15)30-2)9-10-24-19-17(18(22)25-20(23)26-19)28-27-14-6-4-13(21)5-7-14/h3-8,11H,9-10H2,1-2H3,(H3,23,24,25,26). The molecule has 0 atom stereocenters. The first-order valence-electron chi connectivity index (χ1n) is 8.95. The summed E-state index contributed by atoms with van der Waals surface area (Å²) in [5.41, 5.74) is 7.71. The maximum absolute atomic E-state index is 6.22. The molecule has 0 bridgehead atoms. The van der Waals surface area contributed by atoms with E-state index in [1.54, 1.807) is 38.5 Å². The second-order valence-corrected chi connectivity index (χ2v) is 6.91. The van der Waals surface area contributed by atoms with Crippen LogP contribution in [0.1, 0.15) is 5.56 Å². The fourth-order valence-electron chi connectivity index (χ4n) is 2.63. The molecule has 156 valence electrons. The van der Waals surface area contributed by atoms with Crippen molar-refractivity contribution in [1.29, 1.82) is 0 Å². The van der Waals surface area contributed by atoms with Crippen molar-refractivity contribution in [2.24, 2.45) is 10.2 Å². The molecular weight excluding hydrogens is 427 g/mol. The molecule has 0 amide bonds. The van der Waals surface area contributed by atoms with Crippen LogP contribution >= 0.6 is 23.2 Å². The van der Waals surface area contributed by atoms with Gasteiger partial charge < -0.3 is 20.5 Å². The lowest BCUT2D eigenvalue weighted by Gasteiger charge is -2.11. The van der Waals surface area contributed by atoms with Crippen LogP contribution in [0.4, 0.5) is 23.1 Å². The van der Waals surface area contributed by atoms with Crippen LogP contribution in [0.2, 0.25) is 10.2 Å². The van der Waals surface area contributed by atoms with Crippen molar-refractivity contribution in [1.82, 2.24) is 9.97 Å². The highest BCUT2D eigenvalue weighted by Gasteiger charge is 2.12. The molecule has 0 spiro atoms. The van der Waals surface area contributed by atoms with Gasteiger partial charge in [0.05, 0.1) is 19.9 Å². The minimum absolute atomic E-state index is 0.0408. The highest BCUT2D eigenvalue weighted by molar-refractivity contribution is 6.32. The van der Waals surface area contributed by atoms with E-state index in [1.807, 2.05) is 18.2 Å². The largest absolute Gasteiger partial charge is 0.493 e. The van der Waals surface area contributed by atoms with E-state index < -0.39 is 0 Å². The predicted octanol–water partition coefficient (Wildman–Crippen LogP) is 5.45. The summed E-state index contributed by atoms with van der Waals surface area (Å²) in [6.07, 6.45) is 0.690. The monoisotopic (exact) mass is 446 g/mol. The van der Waals surface area contributed by atoms with E-state index in [0.29, 0.717) is 46.7 Å². The van der Waals surface area contributed by atoms with E-state index in [9.17, 15) is 0 Å². The number of aromatic nitrogens is 2. The summed E-state index contributed by atoms with van der Waals surface area (Å²) in [5, 5.41) is 12.3. The predicted molar refractivity (Wildman–Crippen MR) is 119 cm³/mol. The normalized spacial score (nSPS) is 10.9. The number of nitrogens with zero attached hydrogens (tertiary/aromatic N) is 4. The third kappa shape index (κ3) is 5.49. The van der Waals surface area contributed by atoms with Crippen molar-refractivity contribution in [3.63, 3.8) is 0 Å². The summed E-state index contributed by atoms with van der Waals surface area (Å²) in [5.74, 6) is 1.78. The van der Waals surface area contributed by atoms with E-state index >= 15 is 0 Å². The third-order valence-corrected chi connectivity index (χ3v) is 4.62. The number of methoxy groups -OCH3 is 2. The minimum Gasteiger partial charge on any atom is -0.493 e. The molecule has 3 rings (SSSR count). The molecule has 0 aliphatic carbocycles. The van der Waals surface area contributed by atoms with Crippen LogP contribution in [0, 0.1) is 0 Å². The number of halogens is 2. The van der Waals surface area contributed by atoms with Crippen LogP contribution in [0.25, 0.3) is 0 Å². The average Bonchev–Trinajstić information content (AvgIpc) is 2.74. The molecule has 8 nitrogen and oxygen atoms in total. The Morgan fingerprint density at radius 1 is 0.967 bits per heavy atom. The smallest absolute Gasteiger partial charge is 0.223 e. The van der Waals surface area contributed by atoms with Gasteiger partial charge in [-0.25, -0.2) is 0 Å². The lowest BCUT2D eigenvalue weighted by Crippen LogP contribution is -2.09. The van der Waals surface area contributed by atoms with Gasteiger partial charge in [-0.05, 0) is 48.4 Å². The zero-order valence-electron chi connectivity index (χ0n) is 16.4. The van der Waals surface area contributed by atoms with Crippen molar-refractivity contribution in [3.05, 3.63) is 58.2 Å². The Morgan fingerprint density at radius 3 is 2.40 bits per heavy atom. The van der Waals surface area contributed by atoms with Crippen molar-refractivity contribution >= 4 is 46.3 Å². The van der Waals surface area contributed by atoms with Crippen molar-refractivity contribution < 1.29 is 9.47 Å². The van der Waals surface area contributed by atoms with Gasteiger partial charge >= 0.3 is 0 Å². The van der Waals surface area contributed by atoms with E-state index in [0.717, 1.165) is 5.56 Å². The lowest BCUT2D eigenvalue weighted by atomic mass is 10.1. The van der Waals surface area contributed by atoms with Gasteiger partial charge in [0.1, 0.15) is 0 Å². The lowest BCUT2D eigenvalue weighted by molar-refractivity contribution is 0.354. The zero-order chi connectivity index (χ0) is 21.5. The zero-order valence-corrected chi connectivity index (χ0v) is 17.9. The number of ether oxygens (including phenoxy) is 2.